The van der Waals surface area contributed by atoms with Crippen molar-refractivity contribution in [1.82, 2.24) is 0 Å². The van der Waals surface area contributed by atoms with E-state index in [1.165, 1.54) is 0 Å². The highest BCUT2D eigenvalue weighted by Crippen LogP contribution is 2.33. The smallest absolute Gasteiger partial charge is 0.112 e. The van der Waals surface area contributed by atoms with Gasteiger partial charge in [0.25, 0.3) is 0 Å². The Kier molecular flexibility index (Phi) is 6.43. The minimum Gasteiger partial charge on any atom is -0.388 e. The van der Waals surface area contributed by atoms with Crippen molar-refractivity contribution in [3.05, 3.63) is 0 Å². The van der Waals surface area contributed by atoms with Crippen LogP contribution in [0.3, 0.4) is 0 Å². The van der Waals surface area contributed by atoms with E-state index in [0.29, 0.717) is 64.7 Å². The lowest BCUT2D eigenvalue weighted by Gasteiger charge is -2.16. The Hall–Kier alpha value is -0.320. The van der Waals surface area contributed by atoms with Gasteiger partial charge in [-0.1, -0.05) is 0 Å². The molecule has 0 aliphatic carbocycles. The third-order valence-electron chi connectivity index (χ3n) is 5.90. The SMILES string of the molecule is O[C@@H]1COC2C1OC[C@@H]2CCOCCOCC[C@H]1COC2C1OC[C@H]2O. The van der Waals surface area contributed by atoms with Gasteiger partial charge in [0.1, 0.15) is 24.4 Å². The fourth-order valence-electron chi connectivity index (χ4n) is 4.40. The first-order chi connectivity index (χ1) is 12.7. The second-order valence-electron chi connectivity index (χ2n) is 7.65. The lowest BCUT2D eigenvalue weighted by molar-refractivity contribution is 0.00823. The summed E-state index contributed by atoms with van der Waals surface area (Å²) in [6.45, 7) is 4.43. The van der Waals surface area contributed by atoms with Gasteiger partial charge in [-0.05, 0) is 12.8 Å². The molecule has 0 aromatic heterocycles. The molecule has 4 aliphatic heterocycles. The van der Waals surface area contributed by atoms with Crippen molar-refractivity contribution < 1.29 is 38.6 Å². The van der Waals surface area contributed by atoms with Crippen molar-refractivity contribution in [2.24, 2.45) is 11.8 Å². The van der Waals surface area contributed by atoms with Crippen LogP contribution in [0.1, 0.15) is 12.8 Å². The Morgan fingerprint density at radius 3 is 1.46 bits per heavy atom. The summed E-state index contributed by atoms with van der Waals surface area (Å²) in [4.78, 5) is 0. The van der Waals surface area contributed by atoms with Gasteiger partial charge in [0, 0.05) is 25.0 Å². The van der Waals surface area contributed by atoms with Crippen LogP contribution in [0.2, 0.25) is 0 Å². The second kappa shape index (κ2) is 8.79. The Balaban J connectivity index is 1.01. The molecular formula is C18H30O8. The molecule has 0 saturated carbocycles. The van der Waals surface area contributed by atoms with Crippen molar-refractivity contribution in [2.45, 2.75) is 49.5 Å². The summed E-state index contributed by atoms with van der Waals surface area (Å²) in [7, 11) is 0. The van der Waals surface area contributed by atoms with Crippen LogP contribution in [0.5, 0.6) is 0 Å². The van der Waals surface area contributed by atoms with Crippen LogP contribution in [-0.4, -0.2) is 99.7 Å². The monoisotopic (exact) mass is 374 g/mol. The standard InChI is InChI=1S/C18H30O8/c19-13-9-25-15-11(7-23-17(13)15)1-3-21-5-6-22-4-2-12-8-24-18-14(20)10-26-16(12)18/h11-20H,1-10H2/t11-,12-,13+,14+,15?,16?,17?,18?/m0/s1. The van der Waals surface area contributed by atoms with Crippen LogP contribution in [-0.2, 0) is 28.4 Å². The molecular weight excluding hydrogens is 344 g/mol. The van der Waals surface area contributed by atoms with E-state index < -0.39 is 12.2 Å². The Morgan fingerprint density at radius 2 is 1.00 bits per heavy atom. The minimum absolute atomic E-state index is 0.0126. The molecule has 0 aromatic rings. The first kappa shape index (κ1) is 19.0. The number of fused-ring (bicyclic) bond motifs is 2. The van der Waals surface area contributed by atoms with Gasteiger partial charge in [0.2, 0.25) is 0 Å². The first-order valence-electron chi connectivity index (χ1n) is 9.72. The largest absolute Gasteiger partial charge is 0.388 e. The third-order valence-corrected chi connectivity index (χ3v) is 5.90. The fourth-order valence-corrected chi connectivity index (χ4v) is 4.40. The van der Waals surface area contributed by atoms with Gasteiger partial charge in [0.15, 0.2) is 0 Å². The Labute approximate surface area is 153 Å². The summed E-state index contributed by atoms with van der Waals surface area (Å²) < 4.78 is 33.7. The van der Waals surface area contributed by atoms with E-state index in [4.69, 9.17) is 28.4 Å². The summed E-state index contributed by atoms with van der Waals surface area (Å²) in [5, 5.41) is 19.5. The molecule has 8 atom stereocenters. The molecule has 4 saturated heterocycles. The molecule has 2 N–H and O–H groups in total. The van der Waals surface area contributed by atoms with Crippen molar-refractivity contribution in [1.29, 1.82) is 0 Å². The number of aliphatic hydroxyl groups is 2. The topological polar surface area (TPSA) is 95.8 Å². The summed E-state index contributed by atoms with van der Waals surface area (Å²) in [5.41, 5.74) is 0. The maximum atomic E-state index is 9.73. The molecule has 8 nitrogen and oxygen atoms in total. The van der Waals surface area contributed by atoms with Gasteiger partial charge in [-0.15, -0.1) is 0 Å². The van der Waals surface area contributed by atoms with E-state index >= 15 is 0 Å². The number of rotatable bonds is 9. The summed E-state index contributed by atoms with van der Waals surface area (Å²) >= 11 is 0. The highest BCUT2D eigenvalue weighted by molar-refractivity contribution is 4.94. The molecule has 26 heavy (non-hydrogen) atoms. The molecule has 4 fully saturated rings. The van der Waals surface area contributed by atoms with Crippen LogP contribution in [0.4, 0.5) is 0 Å². The molecule has 4 rings (SSSR count). The van der Waals surface area contributed by atoms with E-state index in [2.05, 4.69) is 0 Å². The number of hydrogen-bond donors (Lipinski definition) is 2. The summed E-state index contributed by atoms with van der Waals surface area (Å²) in [5.74, 6) is 0.602. The van der Waals surface area contributed by atoms with Crippen LogP contribution in [0.25, 0.3) is 0 Å². The molecule has 0 bridgehead atoms. The summed E-state index contributed by atoms with van der Waals surface area (Å²) in [6, 6.07) is 0. The van der Waals surface area contributed by atoms with Gasteiger partial charge in [0.05, 0.1) is 51.8 Å². The van der Waals surface area contributed by atoms with Crippen molar-refractivity contribution in [3.63, 3.8) is 0 Å². The van der Waals surface area contributed by atoms with Gasteiger partial charge in [-0.3, -0.25) is 0 Å². The van der Waals surface area contributed by atoms with Gasteiger partial charge < -0.3 is 38.6 Å². The number of aliphatic hydroxyl groups excluding tert-OH is 2. The van der Waals surface area contributed by atoms with E-state index in [1.807, 2.05) is 0 Å². The minimum atomic E-state index is -0.488. The lowest BCUT2D eigenvalue weighted by Crippen LogP contribution is -2.29. The van der Waals surface area contributed by atoms with Crippen molar-refractivity contribution in [2.75, 3.05) is 52.9 Å². The van der Waals surface area contributed by atoms with E-state index in [9.17, 15) is 10.2 Å². The highest BCUT2D eigenvalue weighted by Gasteiger charge is 2.47. The quantitative estimate of drug-likeness (QED) is 0.514. The molecule has 0 aromatic carbocycles. The normalized spacial score (nSPS) is 44.5. The Bertz CT molecular complexity index is 409. The highest BCUT2D eigenvalue weighted by atomic mass is 16.6. The van der Waals surface area contributed by atoms with E-state index in [-0.39, 0.29) is 24.4 Å². The summed E-state index contributed by atoms with van der Waals surface area (Å²) in [6.07, 6.45) is 0.471. The lowest BCUT2D eigenvalue weighted by atomic mass is 9.98. The molecule has 0 spiro atoms. The van der Waals surface area contributed by atoms with Gasteiger partial charge in [-0.25, -0.2) is 0 Å². The van der Waals surface area contributed by atoms with Crippen LogP contribution in [0.15, 0.2) is 0 Å². The van der Waals surface area contributed by atoms with Crippen LogP contribution in [0, 0.1) is 11.8 Å². The molecule has 150 valence electrons. The zero-order valence-electron chi connectivity index (χ0n) is 15.0. The van der Waals surface area contributed by atoms with Crippen LogP contribution >= 0.6 is 0 Å². The van der Waals surface area contributed by atoms with Crippen molar-refractivity contribution >= 4 is 0 Å². The molecule has 4 aliphatic rings. The first-order valence-corrected chi connectivity index (χ1v) is 9.72. The van der Waals surface area contributed by atoms with Gasteiger partial charge >= 0.3 is 0 Å². The van der Waals surface area contributed by atoms with E-state index in [0.717, 1.165) is 12.8 Å². The zero-order valence-corrected chi connectivity index (χ0v) is 15.0. The predicted molar refractivity (Wildman–Crippen MR) is 88.8 cm³/mol. The molecule has 4 unspecified atom stereocenters. The molecule has 8 heteroatoms. The number of hydrogen-bond acceptors (Lipinski definition) is 8. The average molecular weight is 374 g/mol. The predicted octanol–water partition coefficient (Wildman–Crippen LogP) is -0.651. The zero-order chi connectivity index (χ0) is 17.9. The Morgan fingerprint density at radius 1 is 0.577 bits per heavy atom. The molecule has 0 amide bonds. The molecule has 4 heterocycles. The van der Waals surface area contributed by atoms with Crippen LogP contribution < -0.4 is 0 Å². The molecule has 0 radical (unpaired) electrons. The van der Waals surface area contributed by atoms with Crippen molar-refractivity contribution in [3.8, 4) is 0 Å². The fraction of sp³-hybridized carbons (Fsp3) is 1.00. The number of ether oxygens (including phenoxy) is 6. The second-order valence-corrected chi connectivity index (χ2v) is 7.65. The maximum Gasteiger partial charge on any atom is 0.112 e. The maximum absolute atomic E-state index is 9.73. The third kappa shape index (κ3) is 4.07. The van der Waals surface area contributed by atoms with Gasteiger partial charge in [-0.2, -0.15) is 0 Å². The van der Waals surface area contributed by atoms with E-state index in [1.54, 1.807) is 0 Å². The average Bonchev–Trinajstić information content (AvgIpc) is 3.37.